The number of rotatable bonds is 43. The second-order valence-corrected chi connectivity index (χ2v) is 33.4. The third-order valence-corrected chi connectivity index (χ3v) is 17.7. The Morgan fingerprint density at radius 3 is 1.41 bits per heavy atom. The van der Waals surface area contributed by atoms with Crippen molar-refractivity contribution in [3.63, 3.8) is 0 Å². The predicted molar refractivity (Wildman–Crippen MR) is 374 cm³/mol. The first kappa shape index (κ1) is 118. The van der Waals surface area contributed by atoms with Crippen LogP contribution in [0.3, 0.4) is 0 Å². The molecular formula is C57H103N16Na5O28S5. The van der Waals surface area contributed by atoms with E-state index in [0.717, 1.165) is 20.3 Å². The molecule has 0 aliphatic carbocycles. The third-order valence-electron chi connectivity index (χ3n) is 14.9. The number of aliphatic imine (C=N–C) groups is 5. The number of nitrogens with one attached hydrogen (secondary N) is 11. The molecule has 44 nitrogen and oxygen atoms in total. The SMILES string of the molecule is CC(C)CCCCC([O-])=N[C@@H](CCNCS(=O)(=O)O)C(=O)N[C@H](C(=O)N[C@@H](CCNCS(=O)(=O)O)C([O-])=N[C@H]1CCNC(=O)[C@H]([C@@H](C)O)NC(=O)[C@H](CCNCS(=O)(=O)O)N=C([O-])[C@H](CCNCS(=O)(=O)O)NC(=O)[C@H](CC(C)C)NC(=O)[C@@H](CC(C)C)N=C([O-])[C@H](CCNCS(=O)(=O)O)N=C1[O-])[C@@H](C)O.[Na+].[Na+].[Na+].[Na+].[Na+]. The monoisotopic (exact) mass is 1730 g/mol. The van der Waals surface area contributed by atoms with Crippen molar-refractivity contribution in [1.82, 2.24) is 58.5 Å². The Balaban J connectivity index is -0.00000749. The average molecular weight is 1740 g/mol. The summed E-state index contributed by atoms with van der Waals surface area (Å²) in [7, 11) is -23.6. The number of amides is 6. The second kappa shape index (κ2) is 59.2. The van der Waals surface area contributed by atoms with Crippen LogP contribution >= 0.6 is 0 Å². The Kier molecular flexibility index (Phi) is 62.9. The van der Waals surface area contributed by atoms with Crippen molar-refractivity contribution in [2.24, 2.45) is 42.7 Å². The summed E-state index contributed by atoms with van der Waals surface area (Å²) in [5.41, 5.74) is 0. The van der Waals surface area contributed by atoms with Gasteiger partial charge in [-0.15, -0.1) is 0 Å². The van der Waals surface area contributed by atoms with Crippen LogP contribution in [0.5, 0.6) is 0 Å². The van der Waals surface area contributed by atoms with Crippen molar-refractivity contribution in [2.75, 3.05) is 68.7 Å². The molecule has 0 radical (unpaired) electrons. The Morgan fingerprint density at radius 2 is 0.946 bits per heavy atom. The number of carbonyl (C=O) groups excluding carboxylic acids is 6. The molecule has 18 N–H and O–H groups in total. The number of hydrogen-bond acceptors (Lipinski definition) is 33. The average Bonchev–Trinajstić information content (AvgIpc) is 1.07. The summed E-state index contributed by atoms with van der Waals surface area (Å²) in [6, 6.07) is -19.7. The van der Waals surface area contributed by atoms with E-state index in [1.165, 1.54) is 0 Å². The fourth-order valence-electron chi connectivity index (χ4n) is 9.68. The van der Waals surface area contributed by atoms with Crippen LogP contribution in [0.4, 0.5) is 0 Å². The van der Waals surface area contributed by atoms with E-state index in [1.54, 1.807) is 27.7 Å². The number of carbonyl (C=O) groups is 6. The smallest absolute Gasteiger partial charge is 0.862 e. The Bertz CT molecular complexity index is 3610. The molecule has 0 saturated heterocycles. The van der Waals surface area contributed by atoms with E-state index in [4.69, 9.17) is 0 Å². The first-order chi connectivity index (χ1) is 48.9. The first-order valence-electron chi connectivity index (χ1n) is 33.5. The molecule has 0 saturated carbocycles. The van der Waals surface area contributed by atoms with Crippen molar-refractivity contribution in [3.8, 4) is 0 Å². The molecule has 111 heavy (non-hydrogen) atoms. The normalized spacial score (nSPS) is 20.8. The minimum atomic E-state index is -4.79. The fourth-order valence-corrected chi connectivity index (χ4v) is 11.7. The Hall–Kier alpha value is -1.56. The van der Waals surface area contributed by atoms with Crippen LogP contribution in [-0.4, -0.2) is 281 Å². The number of hydrogen-bond donors (Lipinski definition) is 18. The molecule has 6 amide bonds. The van der Waals surface area contributed by atoms with Crippen LogP contribution in [0.15, 0.2) is 25.0 Å². The van der Waals surface area contributed by atoms with Gasteiger partial charge < -0.3 is 94.2 Å². The molecule has 0 aromatic heterocycles. The van der Waals surface area contributed by atoms with Gasteiger partial charge in [0.1, 0.15) is 65.6 Å². The van der Waals surface area contributed by atoms with Gasteiger partial charge in [0.15, 0.2) is 0 Å². The second-order valence-electron chi connectivity index (χ2n) is 26.2. The van der Waals surface area contributed by atoms with E-state index < -0.39 is 301 Å². The summed E-state index contributed by atoms with van der Waals surface area (Å²) in [4.78, 5) is 105. The zero-order valence-corrected chi connectivity index (χ0v) is 79.0. The van der Waals surface area contributed by atoms with E-state index in [-0.39, 0.29) is 180 Å². The van der Waals surface area contributed by atoms with Gasteiger partial charge in [-0.1, -0.05) is 54.4 Å². The van der Waals surface area contributed by atoms with Crippen LogP contribution in [-0.2, 0) is 79.4 Å². The predicted octanol–water partition coefficient (Wildman–Crippen LogP) is -25.2. The van der Waals surface area contributed by atoms with Gasteiger partial charge in [-0.2, -0.15) is 42.1 Å². The van der Waals surface area contributed by atoms with Gasteiger partial charge in [-0.05, 0) is 158 Å². The van der Waals surface area contributed by atoms with Gasteiger partial charge in [0.05, 0.1) is 36.4 Å². The Morgan fingerprint density at radius 1 is 0.505 bits per heavy atom. The third kappa shape index (κ3) is 56.5. The molecule has 1 aliphatic rings. The van der Waals surface area contributed by atoms with Crippen molar-refractivity contribution in [1.29, 1.82) is 0 Å². The molecule has 0 fully saturated rings. The van der Waals surface area contributed by atoms with Crippen molar-refractivity contribution in [3.05, 3.63) is 0 Å². The molecule has 0 aromatic rings. The maximum atomic E-state index is 14.8. The van der Waals surface area contributed by atoms with Gasteiger partial charge in [-0.25, -0.2) is 0 Å². The number of unbranched alkanes of at least 4 members (excludes halogenated alkanes) is 1. The molecule has 614 valence electrons. The van der Waals surface area contributed by atoms with Crippen LogP contribution in [0.2, 0.25) is 0 Å². The molecule has 1 aliphatic heterocycles. The van der Waals surface area contributed by atoms with Crippen molar-refractivity contribution >= 4 is 116 Å². The van der Waals surface area contributed by atoms with Crippen molar-refractivity contribution < 1.29 is 277 Å². The summed E-state index contributed by atoms with van der Waals surface area (Å²) in [5.74, 6) is -20.5. The quantitative estimate of drug-likeness (QED) is 0.00886. The van der Waals surface area contributed by atoms with Gasteiger partial charge in [0.2, 0.25) is 35.4 Å². The minimum absolute atomic E-state index is 0. The summed E-state index contributed by atoms with van der Waals surface area (Å²) in [6.45, 7) is 8.67. The molecule has 12 atom stereocenters. The number of aliphatic hydroxyl groups excluding tert-OH is 2. The van der Waals surface area contributed by atoms with Gasteiger partial charge in [0, 0.05) is 6.54 Å². The van der Waals surface area contributed by atoms with E-state index >= 15 is 0 Å². The van der Waals surface area contributed by atoms with Gasteiger partial charge in [0.25, 0.3) is 50.6 Å². The van der Waals surface area contributed by atoms with Crippen LogP contribution < -0.4 is 232 Å². The van der Waals surface area contributed by atoms with E-state index in [0.29, 0.717) is 12.8 Å². The maximum Gasteiger partial charge on any atom is 1.00 e. The zero-order valence-electron chi connectivity index (χ0n) is 64.9. The molecule has 1 rings (SSSR count). The van der Waals surface area contributed by atoms with Crippen LogP contribution in [0.25, 0.3) is 0 Å². The molecule has 1 heterocycles. The molecular weight excluding hydrogens is 1630 g/mol. The maximum absolute atomic E-state index is 14.8. The Labute approximate surface area is 758 Å². The van der Waals surface area contributed by atoms with Gasteiger partial charge in [-0.3, -0.25) is 76.5 Å². The number of nitrogens with zero attached hydrogens (tertiary/aromatic N) is 5. The first-order valence-corrected chi connectivity index (χ1v) is 41.6. The summed E-state index contributed by atoms with van der Waals surface area (Å²) >= 11 is 0. The summed E-state index contributed by atoms with van der Waals surface area (Å²) in [6.07, 6.45) is -6.93. The zero-order chi connectivity index (χ0) is 81.1. The minimum Gasteiger partial charge on any atom is -0.862 e. The molecule has 54 heteroatoms. The summed E-state index contributed by atoms with van der Waals surface area (Å²) < 4.78 is 163. The number of aliphatic hydroxyl groups is 2. The van der Waals surface area contributed by atoms with Crippen LogP contribution in [0, 0.1) is 17.8 Å². The largest absolute Gasteiger partial charge is 1.00 e. The molecule has 0 unspecified atom stereocenters. The van der Waals surface area contributed by atoms with E-state index in [2.05, 4.69) is 83.4 Å². The van der Waals surface area contributed by atoms with Gasteiger partial charge >= 0.3 is 148 Å². The molecule has 0 spiro atoms. The molecule has 0 aromatic carbocycles. The van der Waals surface area contributed by atoms with E-state index in [9.17, 15) is 129 Å². The van der Waals surface area contributed by atoms with E-state index in [1.807, 2.05) is 13.8 Å². The standard InChI is InChI=1S/C57H108N16O28S5.5Na/c1-32(2)11-9-10-12-45(76)64-37(13-19-58-27-102(87,88)89)52(81)73-47(36(8)75)57(86)69-40(16-22-61-30-105(96,97)98)49(78)67-42-18-24-63-56(85)46(35(7)74)72-53(82)41(17-23-62-31-106(99,100)101)66-48(77)38(14-20-59-28-103(90,91)92)68-54(83)43(25-33(3)4)71-55(84)44(26-34(5)6)70-51(80)39(65-50(42)79)15-21-60-29-104(93,94)95;;;;;/h32-44,46-47,58-62,74-75H,9-31H2,1-8H3,(H,63,85)(H,64,76)(H,65,79)(H,66,77)(H,67,78)(H,68,83)(H,69,86)(H,70,80)(H,71,84)(H,72,82)(H,73,81)(H,87,88,89)(H,90,91,92)(H,93,94,95)(H,96,97,98)(H,99,100,101);;;;;/q;5*+1/p-5/t35-,36-,37+,38+,39+,40+,41+,42+,43+,44-,46+,47+;;;;;/m1...../s1. The fraction of sp³-hybridized carbons (Fsp3) is 0.807. The van der Waals surface area contributed by atoms with Crippen LogP contribution in [0.1, 0.15) is 132 Å². The topological polar surface area (TPSA) is 724 Å². The summed E-state index contributed by atoms with van der Waals surface area (Å²) in [5, 5.41) is 119. The molecule has 0 bridgehead atoms. The van der Waals surface area contributed by atoms with Crippen molar-refractivity contribution in [2.45, 2.75) is 205 Å².